The average Bonchev–Trinajstić information content (AvgIpc) is 2.73. The van der Waals surface area contributed by atoms with E-state index in [9.17, 15) is 4.39 Å². The highest BCUT2D eigenvalue weighted by molar-refractivity contribution is 6.30. The number of benzene rings is 4. The zero-order valence-electron chi connectivity index (χ0n) is 16.8. The quantitative estimate of drug-likeness (QED) is 0.213. The maximum Gasteiger partial charge on any atom is 0.131 e. The minimum Gasteiger partial charge on any atom is -0.206 e. The van der Waals surface area contributed by atoms with Gasteiger partial charge >= 0.3 is 0 Å². The Morgan fingerprint density at radius 3 is 2.21 bits per heavy atom. The largest absolute Gasteiger partial charge is 0.206 e. The van der Waals surface area contributed by atoms with Gasteiger partial charge in [-0.3, -0.25) is 0 Å². The number of halogens is 2. The molecular formula is C27H26ClF. The van der Waals surface area contributed by atoms with Gasteiger partial charge in [0.15, 0.2) is 0 Å². The summed E-state index contributed by atoms with van der Waals surface area (Å²) in [7, 11) is 0. The van der Waals surface area contributed by atoms with E-state index in [1.165, 1.54) is 43.1 Å². The smallest absolute Gasteiger partial charge is 0.131 e. The number of fused-ring (bicyclic) bond motifs is 3. The van der Waals surface area contributed by atoms with Crippen LogP contribution in [0, 0.1) is 5.82 Å². The number of hydrogen-bond donors (Lipinski definition) is 0. The second-order valence-corrected chi connectivity index (χ2v) is 8.28. The molecule has 0 fully saturated rings. The van der Waals surface area contributed by atoms with Gasteiger partial charge in [-0.2, -0.15) is 0 Å². The Labute approximate surface area is 177 Å². The molecule has 148 valence electrons. The van der Waals surface area contributed by atoms with Crippen LogP contribution in [0.25, 0.3) is 32.7 Å². The Morgan fingerprint density at radius 2 is 1.45 bits per heavy atom. The molecule has 4 rings (SSSR count). The molecule has 0 aliphatic carbocycles. The first kappa shape index (κ1) is 19.9. The number of aryl methyl sites for hydroxylation is 1. The van der Waals surface area contributed by atoms with Crippen molar-refractivity contribution in [1.82, 2.24) is 0 Å². The highest BCUT2D eigenvalue weighted by Crippen LogP contribution is 2.33. The lowest BCUT2D eigenvalue weighted by atomic mass is 9.95. The monoisotopic (exact) mass is 404 g/mol. The van der Waals surface area contributed by atoms with Crippen LogP contribution in [0.3, 0.4) is 0 Å². The predicted octanol–water partition coefficient (Wildman–Crippen LogP) is 8.97. The zero-order chi connectivity index (χ0) is 20.2. The minimum absolute atomic E-state index is 0.202. The SMILES string of the molecule is CCCCCCCc1ccc2c(ccc3cc(-c4ccc(Cl)cc4)c(F)cc32)c1. The number of unbranched alkanes of at least 4 members (excludes halogenated alkanes) is 4. The van der Waals surface area contributed by atoms with Crippen molar-refractivity contribution in [3.63, 3.8) is 0 Å². The Kier molecular flexibility index (Phi) is 6.16. The highest BCUT2D eigenvalue weighted by Gasteiger charge is 2.10. The normalized spacial score (nSPS) is 11.4. The van der Waals surface area contributed by atoms with Crippen LogP contribution >= 0.6 is 11.6 Å². The van der Waals surface area contributed by atoms with Gasteiger partial charge in [0, 0.05) is 10.6 Å². The number of rotatable bonds is 7. The van der Waals surface area contributed by atoms with Crippen molar-refractivity contribution in [1.29, 1.82) is 0 Å². The molecule has 0 atom stereocenters. The van der Waals surface area contributed by atoms with Gasteiger partial charge in [-0.05, 0) is 69.8 Å². The summed E-state index contributed by atoms with van der Waals surface area (Å²) in [6.07, 6.45) is 7.57. The summed E-state index contributed by atoms with van der Waals surface area (Å²) in [6, 6.07) is 21.8. The molecule has 4 aromatic rings. The van der Waals surface area contributed by atoms with Gasteiger partial charge < -0.3 is 0 Å². The predicted molar refractivity (Wildman–Crippen MR) is 124 cm³/mol. The van der Waals surface area contributed by atoms with Gasteiger partial charge in [-0.15, -0.1) is 0 Å². The first-order valence-electron chi connectivity index (χ1n) is 10.6. The van der Waals surface area contributed by atoms with Crippen molar-refractivity contribution in [3.8, 4) is 11.1 Å². The van der Waals surface area contributed by atoms with E-state index in [0.29, 0.717) is 10.6 Å². The summed E-state index contributed by atoms with van der Waals surface area (Å²) in [5.41, 5.74) is 2.82. The second-order valence-electron chi connectivity index (χ2n) is 7.85. The molecule has 0 saturated carbocycles. The van der Waals surface area contributed by atoms with Gasteiger partial charge in [-0.1, -0.05) is 86.7 Å². The van der Waals surface area contributed by atoms with Crippen LogP contribution in [0.2, 0.25) is 5.02 Å². The van der Waals surface area contributed by atoms with Crippen molar-refractivity contribution < 1.29 is 4.39 Å². The lowest BCUT2D eigenvalue weighted by Crippen LogP contribution is -1.89. The fraction of sp³-hybridized carbons (Fsp3) is 0.259. The van der Waals surface area contributed by atoms with Crippen LogP contribution < -0.4 is 0 Å². The molecule has 4 aromatic carbocycles. The van der Waals surface area contributed by atoms with E-state index in [-0.39, 0.29) is 5.82 Å². The summed E-state index contributed by atoms with van der Waals surface area (Å²) in [6.45, 7) is 2.24. The molecule has 0 aromatic heterocycles. The average molecular weight is 405 g/mol. The molecule has 0 spiro atoms. The first-order chi connectivity index (χ1) is 14.2. The van der Waals surface area contributed by atoms with Crippen LogP contribution in [-0.2, 0) is 6.42 Å². The molecule has 0 amide bonds. The van der Waals surface area contributed by atoms with E-state index in [4.69, 9.17) is 11.6 Å². The molecule has 0 aliphatic rings. The van der Waals surface area contributed by atoms with Crippen LogP contribution in [0.15, 0.2) is 66.7 Å². The summed E-state index contributed by atoms with van der Waals surface area (Å²) in [5, 5.41) is 4.96. The van der Waals surface area contributed by atoms with Gasteiger partial charge in [0.1, 0.15) is 5.82 Å². The molecule has 0 bridgehead atoms. The molecule has 0 nitrogen and oxygen atoms in total. The lowest BCUT2D eigenvalue weighted by Gasteiger charge is -2.10. The molecule has 0 aliphatic heterocycles. The maximum absolute atomic E-state index is 14.9. The Bertz CT molecular complexity index is 1130. The van der Waals surface area contributed by atoms with E-state index in [1.807, 2.05) is 18.2 Å². The van der Waals surface area contributed by atoms with Crippen LogP contribution in [0.1, 0.15) is 44.6 Å². The van der Waals surface area contributed by atoms with E-state index in [1.54, 1.807) is 18.2 Å². The Balaban J connectivity index is 1.65. The van der Waals surface area contributed by atoms with Crippen LogP contribution in [0.5, 0.6) is 0 Å². The molecule has 0 heterocycles. The Morgan fingerprint density at radius 1 is 0.724 bits per heavy atom. The van der Waals surface area contributed by atoms with Crippen molar-refractivity contribution in [2.75, 3.05) is 0 Å². The fourth-order valence-corrected chi connectivity index (χ4v) is 4.20. The van der Waals surface area contributed by atoms with Gasteiger partial charge in [0.05, 0.1) is 0 Å². The molecule has 2 heteroatoms. The molecule has 0 radical (unpaired) electrons. The van der Waals surface area contributed by atoms with E-state index in [2.05, 4.69) is 37.3 Å². The fourth-order valence-electron chi connectivity index (χ4n) is 4.07. The highest BCUT2D eigenvalue weighted by atomic mass is 35.5. The van der Waals surface area contributed by atoms with Crippen molar-refractivity contribution in [2.24, 2.45) is 0 Å². The van der Waals surface area contributed by atoms with Crippen LogP contribution in [-0.4, -0.2) is 0 Å². The molecule has 0 unspecified atom stereocenters. The van der Waals surface area contributed by atoms with Gasteiger partial charge in [0.25, 0.3) is 0 Å². The third-order valence-corrected chi connectivity index (χ3v) is 5.96. The Hall–Kier alpha value is -2.38. The summed E-state index contributed by atoms with van der Waals surface area (Å²) in [5.74, 6) is -0.202. The maximum atomic E-state index is 14.9. The molecular weight excluding hydrogens is 379 g/mol. The van der Waals surface area contributed by atoms with E-state index in [0.717, 1.165) is 28.1 Å². The zero-order valence-corrected chi connectivity index (χ0v) is 17.6. The van der Waals surface area contributed by atoms with E-state index < -0.39 is 0 Å². The third kappa shape index (κ3) is 4.46. The standard InChI is InChI=1S/C27H26ClF/c1-2-3-4-5-6-7-19-8-15-24-21(16-19)9-10-22-17-26(27(29)18-25(22)24)20-11-13-23(28)14-12-20/h8-18H,2-7H2,1H3. The summed E-state index contributed by atoms with van der Waals surface area (Å²) < 4.78 is 14.9. The summed E-state index contributed by atoms with van der Waals surface area (Å²) in [4.78, 5) is 0. The lowest BCUT2D eigenvalue weighted by molar-refractivity contribution is 0.632. The minimum atomic E-state index is -0.202. The van der Waals surface area contributed by atoms with Crippen LogP contribution in [0.4, 0.5) is 4.39 Å². The summed E-state index contributed by atoms with van der Waals surface area (Å²) >= 11 is 5.97. The molecule has 0 N–H and O–H groups in total. The second kappa shape index (κ2) is 8.97. The van der Waals surface area contributed by atoms with Crippen molar-refractivity contribution in [2.45, 2.75) is 45.4 Å². The third-order valence-electron chi connectivity index (χ3n) is 5.71. The van der Waals surface area contributed by atoms with Crippen molar-refractivity contribution >= 4 is 33.1 Å². The topological polar surface area (TPSA) is 0 Å². The first-order valence-corrected chi connectivity index (χ1v) is 10.9. The number of hydrogen-bond acceptors (Lipinski definition) is 0. The van der Waals surface area contributed by atoms with E-state index >= 15 is 0 Å². The molecule has 0 saturated heterocycles. The van der Waals surface area contributed by atoms with Gasteiger partial charge in [-0.25, -0.2) is 4.39 Å². The van der Waals surface area contributed by atoms with Crippen molar-refractivity contribution in [3.05, 3.63) is 83.1 Å². The van der Waals surface area contributed by atoms with Gasteiger partial charge in [0.2, 0.25) is 0 Å². The molecule has 29 heavy (non-hydrogen) atoms.